The second-order valence-electron chi connectivity index (χ2n) is 8.13. The van der Waals surface area contributed by atoms with E-state index in [1.54, 1.807) is 0 Å². The number of amidine groups is 1. The van der Waals surface area contributed by atoms with Gasteiger partial charge in [0.1, 0.15) is 11.4 Å². The van der Waals surface area contributed by atoms with Crippen molar-refractivity contribution in [3.63, 3.8) is 0 Å². The van der Waals surface area contributed by atoms with Crippen molar-refractivity contribution < 1.29 is 14.5 Å². The Morgan fingerprint density at radius 2 is 1.36 bits per heavy atom. The lowest BCUT2D eigenvalue weighted by atomic mass is 10.0. The van der Waals surface area contributed by atoms with Crippen molar-refractivity contribution in [1.29, 1.82) is 0 Å². The summed E-state index contributed by atoms with van der Waals surface area (Å²) in [5.74, 6) is -0.511. The van der Waals surface area contributed by atoms with Gasteiger partial charge in [-0.3, -0.25) is 0 Å². The van der Waals surface area contributed by atoms with Crippen molar-refractivity contribution in [3.8, 4) is 0 Å². The van der Waals surface area contributed by atoms with E-state index in [9.17, 15) is 9.90 Å². The van der Waals surface area contributed by atoms with Crippen molar-refractivity contribution in [2.24, 2.45) is 0 Å². The summed E-state index contributed by atoms with van der Waals surface area (Å²) in [5, 5.41) is 10.3. The van der Waals surface area contributed by atoms with Gasteiger partial charge in [-0.2, -0.15) is 0 Å². The van der Waals surface area contributed by atoms with Gasteiger partial charge in [-0.25, -0.2) is 14.3 Å². The van der Waals surface area contributed by atoms with Gasteiger partial charge in [0.25, 0.3) is 0 Å². The molecule has 148 valence electrons. The normalized spacial score (nSPS) is 15.0. The Kier molecular flexibility index (Phi) is 5.59. The van der Waals surface area contributed by atoms with Crippen LogP contribution in [0.5, 0.6) is 0 Å². The fourth-order valence-corrected chi connectivity index (χ4v) is 4.76. The highest BCUT2D eigenvalue weighted by atomic mass is 16.4. The third kappa shape index (κ3) is 3.68. The maximum Gasteiger partial charge on any atom is 0.419 e. The molecule has 4 nitrogen and oxygen atoms in total. The number of anilines is 1. The molecule has 1 heterocycles. The molecular formula is C24H31N2O2+. The molecule has 1 aliphatic rings. The topological polar surface area (TPSA) is 43.5 Å². The van der Waals surface area contributed by atoms with Crippen LogP contribution in [0.2, 0.25) is 0 Å². The summed E-state index contributed by atoms with van der Waals surface area (Å²) in [5.41, 5.74) is 8.94. The van der Waals surface area contributed by atoms with Gasteiger partial charge in [-0.15, -0.1) is 0 Å². The summed E-state index contributed by atoms with van der Waals surface area (Å²) in [6, 6.07) is 8.55. The van der Waals surface area contributed by atoms with Crippen LogP contribution in [0, 0.1) is 41.5 Å². The number of aryl methyl sites for hydroxylation is 6. The summed E-state index contributed by atoms with van der Waals surface area (Å²) < 4.78 is 2.03. The van der Waals surface area contributed by atoms with E-state index in [1.165, 1.54) is 11.1 Å². The van der Waals surface area contributed by atoms with Crippen LogP contribution in [0.15, 0.2) is 24.3 Å². The van der Waals surface area contributed by atoms with Crippen molar-refractivity contribution in [2.75, 3.05) is 18.0 Å². The SMILES string of the molecule is Cc1cc(C)c(N2CCCC[N+](c3c(C)cc(C)cc3C)=C2C(=O)O)c(C)c1. The Labute approximate surface area is 168 Å². The lowest BCUT2D eigenvalue weighted by Crippen LogP contribution is -2.42. The Morgan fingerprint density at radius 3 is 1.86 bits per heavy atom. The molecule has 0 saturated heterocycles. The molecule has 0 radical (unpaired) electrons. The van der Waals surface area contributed by atoms with Gasteiger partial charge in [0, 0.05) is 0 Å². The van der Waals surface area contributed by atoms with E-state index in [2.05, 4.69) is 65.8 Å². The van der Waals surface area contributed by atoms with Crippen LogP contribution in [0.1, 0.15) is 46.2 Å². The molecule has 3 rings (SSSR count). The highest BCUT2D eigenvalue weighted by Gasteiger charge is 2.37. The predicted octanol–water partition coefficient (Wildman–Crippen LogP) is 4.96. The van der Waals surface area contributed by atoms with Crippen LogP contribution in [-0.2, 0) is 4.79 Å². The van der Waals surface area contributed by atoms with Crippen molar-refractivity contribution in [3.05, 3.63) is 57.6 Å². The number of carboxylic acids is 1. The molecular weight excluding hydrogens is 348 g/mol. The molecule has 0 bridgehead atoms. The van der Waals surface area contributed by atoms with Crippen LogP contribution in [0.3, 0.4) is 0 Å². The molecule has 0 amide bonds. The summed E-state index contributed by atoms with van der Waals surface area (Å²) >= 11 is 0. The molecule has 0 spiro atoms. The van der Waals surface area contributed by atoms with Crippen LogP contribution in [0.25, 0.3) is 0 Å². The second-order valence-corrected chi connectivity index (χ2v) is 8.13. The number of carboxylic acid groups (broad SMARTS) is 1. The molecule has 0 atom stereocenters. The van der Waals surface area contributed by atoms with Crippen molar-refractivity contribution in [1.82, 2.24) is 0 Å². The smallest absolute Gasteiger partial charge is 0.419 e. The minimum Gasteiger partial charge on any atom is -0.472 e. The Balaban J connectivity index is 2.31. The Hall–Kier alpha value is -2.62. The molecule has 2 aromatic rings. The zero-order valence-electron chi connectivity index (χ0n) is 17.9. The number of benzene rings is 2. The first kappa shape index (κ1) is 20.1. The average molecular weight is 380 g/mol. The van der Waals surface area contributed by atoms with Crippen LogP contribution in [-0.4, -0.2) is 34.6 Å². The van der Waals surface area contributed by atoms with Crippen LogP contribution >= 0.6 is 0 Å². The maximum absolute atomic E-state index is 12.5. The van der Waals surface area contributed by atoms with E-state index in [0.717, 1.165) is 46.5 Å². The minimum atomic E-state index is -0.874. The van der Waals surface area contributed by atoms with Crippen LogP contribution in [0.4, 0.5) is 11.4 Å². The molecule has 0 fully saturated rings. The van der Waals surface area contributed by atoms with E-state index >= 15 is 0 Å². The summed E-state index contributed by atoms with van der Waals surface area (Å²) in [7, 11) is 0. The van der Waals surface area contributed by atoms with Crippen molar-refractivity contribution in [2.45, 2.75) is 54.4 Å². The van der Waals surface area contributed by atoms with Gasteiger partial charge >= 0.3 is 11.8 Å². The number of hydrogen-bond acceptors (Lipinski definition) is 2. The molecule has 0 unspecified atom stereocenters. The standard InChI is InChI=1S/C24H30N2O2/c1-15-11-17(3)21(18(4)12-15)25-9-7-8-10-26(23(25)24(27)28)22-19(5)13-16(2)14-20(22)6/h11-14H,7-10H2,1-6H3/p+1. The van der Waals surface area contributed by atoms with Crippen LogP contribution < -0.4 is 4.90 Å². The lowest BCUT2D eigenvalue weighted by molar-refractivity contribution is -0.441. The van der Waals surface area contributed by atoms with E-state index in [1.807, 2.05) is 9.48 Å². The number of rotatable bonds is 3. The summed E-state index contributed by atoms with van der Waals surface area (Å²) in [4.78, 5) is 14.6. The van der Waals surface area contributed by atoms with E-state index in [-0.39, 0.29) is 0 Å². The van der Waals surface area contributed by atoms with Gasteiger partial charge in [0.2, 0.25) is 0 Å². The quantitative estimate of drug-likeness (QED) is 0.766. The van der Waals surface area contributed by atoms with E-state index in [0.29, 0.717) is 18.9 Å². The predicted molar refractivity (Wildman–Crippen MR) is 115 cm³/mol. The molecule has 0 aromatic heterocycles. The molecule has 0 saturated carbocycles. The highest BCUT2D eigenvalue weighted by Crippen LogP contribution is 2.31. The molecule has 1 aliphatic heterocycles. The first-order chi connectivity index (χ1) is 13.2. The fraction of sp³-hybridized carbons (Fsp3) is 0.417. The lowest BCUT2D eigenvalue weighted by Gasteiger charge is -2.22. The Bertz CT molecular complexity index is 927. The molecule has 2 aromatic carbocycles. The number of aliphatic carboxylic acids is 1. The number of nitrogens with zero attached hydrogens (tertiary/aromatic N) is 2. The third-order valence-electron chi connectivity index (χ3n) is 5.53. The summed E-state index contributed by atoms with van der Waals surface area (Å²) in [6.45, 7) is 13.9. The number of carbonyl (C=O) groups is 1. The first-order valence-corrected chi connectivity index (χ1v) is 10.0. The Morgan fingerprint density at radius 1 is 0.857 bits per heavy atom. The maximum atomic E-state index is 12.5. The average Bonchev–Trinajstić information content (AvgIpc) is 2.76. The summed E-state index contributed by atoms with van der Waals surface area (Å²) in [6.07, 6.45) is 1.92. The van der Waals surface area contributed by atoms with Gasteiger partial charge in [0.05, 0.1) is 13.1 Å². The number of hydrogen-bond donors (Lipinski definition) is 1. The zero-order chi connectivity index (χ0) is 20.6. The molecule has 1 N–H and O–H groups in total. The van der Waals surface area contributed by atoms with Crippen molar-refractivity contribution >= 4 is 23.2 Å². The first-order valence-electron chi connectivity index (χ1n) is 10.0. The highest BCUT2D eigenvalue weighted by molar-refractivity contribution is 6.38. The minimum absolute atomic E-state index is 0.364. The van der Waals surface area contributed by atoms with Gasteiger partial charge in [-0.05, 0) is 76.6 Å². The third-order valence-corrected chi connectivity index (χ3v) is 5.53. The van der Waals surface area contributed by atoms with E-state index in [4.69, 9.17) is 0 Å². The molecule has 28 heavy (non-hydrogen) atoms. The van der Waals surface area contributed by atoms with Gasteiger partial charge < -0.3 is 5.11 Å². The zero-order valence-corrected chi connectivity index (χ0v) is 17.9. The molecule has 4 heteroatoms. The second kappa shape index (κ2) is 7.78. The largest absolute Gasteiger partial charge is 0.472 e. The monoisotopic (exact) mass is 379 g/mol. The molecule has 0 aliphatic carbocycles. The fourth-order valence-electron chi connectivity index (χ4n) is 4.76. The van der Waals surface area contributed by atoms with E-state index < -0.39 is 5.97 Å². The van der Waals surface area contributed by atoms with Gasteiger partial charge in [-0.1, -0.05) is 35.4 Å². The van der Waals surface area contributed by atoms with Gasteiger partial charge in [0.15, 0.2) is 0 Å².